The molecule has 2 aromatic heterocycles. The van der Waals surface area contributed by atoms with E-state index in [0.717, 1.165) is 0 Å². The number of nitrogens with zero attached hydrogens (tertiary/aromatic N) is 2. The SMILES string of the molecule is [CH2]N1C=CN(C(=O)c2c(C([O])=O)c3ccc2o3)C=C1. The fraction of sp³-hybridized carbons (Fsp3) is 0. The normalized spacial score (nSPS) is 14.6. The molecular formula is C13H8N2O4. The van der Waals surface area contributed by atoms with Crippen LogP contribution in [0.25, 0.3) is 11.2 Å². The van der Waals surface area contributed by atoms with E-state index in [4.69, 9.17) is 4.42 Å². The number of hydrogen-bond donors (Lipinski definition) is 0. The zero-order chi connectivity index (χ0) is 13.6. The van der Waals surface area contributed by atoms with E-state index in [-0.39, 0.29) is 22.3 Å². The van der Waals surface area contributed by atoms with E-state index in [2.05, 4.69) is 7.05 Å². The summed E-state index contributed by atoms with van der Waals surface area (Å²) in [5.41, 5.74) is 0.172. The predicted molar refractivity (Wildman–Crippen MR) is 64.1 cm³/mol. The first kappa shape index (κ1) is 11.3. The van der Waals surface area contributed by atoms with Crippen molar-refractivity contribution in [2.75, 3.05) is 0 Å². The molecule has 3 heterocycles. The second-order valence-corrected chi connectivity index (χ2v) is 4.02. The van der Waals surface area contributed by atoms with E-state index in [1.807, 2.05) is 0 Å². The van der Waals surface area contributed by atoms with Crippen LogP contribution in [0.1, 0.15) is 20.7 Å². The lowest BCUT2D eigenvalue weighted by atomic mass is 10.1. The summed E-state index contributed by atoms with van der Waals surface area (Å²) in [5.74, 6) is -1.92. The maximum Gasteiger partial charge on any atom is 0.391 e. The number of hydrogen-bond acceptors (Lipinski definition) is 4. The van der Waals surface area contributed by atoms with Crippen LogP contribution in [-0.2, 0) is 5.11 Å². The summed E-state index contributed by atoms with van der Waals surface area (Å²) >= 11 is 0. The van der Waals surface area contributed by atoms with E-state index in [1.165, 1.54) is 28.3 Å². The maximum atomic E-state index is 12.3. The third kappa shape index (κ3) is 1.65. The number of furan rings is 2. The molecule has 1 aliphatic heterocycles. The first-order chi connectivity index (χ1) is 9.08. The summed E-state index contributed by atoms with van der Waals surface area (Å²) in [6.07, 6.45) is 6.10. The van der Waals surface area contributed by atoms with Crippen molar-refractivity contribution in [3.8, 4) is 0 Å². The van der Waals surface area contributed by atoms with Crippen LogP contribution >= 0.6 is 0 Å². The zero-order valence-electron chi connectivity index (χ0n) is 9.70. The summed E-state index contributed by atoms with van der Waals surface area (Å²) in [4.78, 5) is 26.2. The quantitative estimate of drug-likeness (QED) is 0.822. The Morgan fingerprint density at radius 3 is 2.16 bits per heavy atom. The van der Waals surface area contributed by atoms with Gasteiger partial charge in [0.25, 0.3) is 5.91 Å². The van der Waals surface area contributed by atoms with E-state index in [0.29, 0.717) is 0 Å². The molecule has 0 unspecified atom stereocenters. The smallest absolute Gasteiger partial charge is 0.391 e. The summed E-state index contributed by atoms with van der Waals surface area (Å²) in [6, 6.07) is 3.05. The molecule has 1 amide bonds. The van der Waals surface area contributed by atoms with Gasteiger partial charge in [-0.1, -0.05) is 0 Å². The largest absolute Gasteiger partial charge is 0.456 e. The molecule has 3 rings (SSSR count). The van der Waals surface area contributed by atoms with Crippen molar-refractivity contribution in [3.63, 3.8) is 0 Å². The molecule has 0 aliphatic carbocycles. The van der Waals surface area contributed by atoms with Crippen LogP contribution in [0.3, 0.4) is 0 Å². The van der Waals surface area contributed by atoms with Crippen molar-refractivity contribution in [3.05, 3.63) is 55.1 Å². The van der Waals surface area contributed by atoms with Crippen LogP contribution in [0.4, 0.5) is 0 Å². The highest BCUT2D eigenvalue weighted by Crippen LogP contribution is 2.30. The lowest BCUT2D eigenvalue weighted by Crippen LogP contribution is -2.25. The minimum Gasteiger partial charge on any atom is -0.456 e. The Hall–Kier alpha value is -2.76. The van der Waals surface area contributed by atoms with Gasteiger partial charge in [0.2, 0.25) is 0 Å². The minimum atomic E-state index is -1.43. The molecular weight excluding hydrogens is 248 g/mol. The van der Waals surface area contributed by atoms with Gasteiger partial charge in [-0.3, -0.25) is 9.69 Å². The van der Waals surface area contributed by atoms with Crippen molar-refractivity contribution in [2.45, 2.75) is 0 Å². The van der Waals surface area contributed by atoms with Crippen LogP contribution in [0, 0.1) is 7.05 Å². The molecule has 2 radical (unpaired) electrons. The molecule has 0 aromatic carbocycles. The van der Waals surface area contributed by atoms with Crippen LogP contribution in [-0.4, -0.2) is 21.7 Å². The maximum absolute atomic E-state index is 12.3. The van der Waals surface area contributed by atoms with E-state index >= 15 is 0 Å². The second-order valence-electron chi connectivity index (χ2n) is 4.02. The molecule has 0 saturated heterocycles. The van der Waals surface area contributed by atoms with Crippen LogP contribution < -0.4 is 0 Å². The molecule has 94 valence electrons. The van der Waals surface area contributed by atoms with Crippen LogP contribution in [0.15, 0.2) is 41.3 Å². The lowest BCUT2D eigenvalue weighted by Gasteiger charge is -2.20. The van der Waals surface area contributed by atoms with Crippen molar-refractivity contribution in [2.24, 2.45) is 0 Å². The number of amides is 1. The lowest BCUT2D eigenvalue weighted by molar-refractivity contribution is 0.0569. The molecule has 0 saturated carbocycles. The molecule has 19 heavy (non-hydrogen) atoms. The fourth-order valence-electron chi connectivity index (χ4n) is 1.95. The van der Waals surface area contributed by atoms with E-state index in [1.54, 1.807) is 18.5 Å². The van der Waals surface area contributed by atoms with Gasteiger partial charge in [-0.15, -0.1) is 0 Å². The van der Waals surface area contributed by atoms with Gasteiger partial charge in [0, 0.05) is 31.8 Å². The van der Waals surface area contributed by atoms with Gasteiger partial charge in [0.15, 0.2) is 0 Å². The molecule has 0 atom stereocenters. The Morgan fingerprint density at radius 2 is 1.58 bits per heavy atom. The second kappa shape index (κ2) is 3.88. The highest BCUT2D eigenvalue weighted by atomic mass is 16.4. The first-order valence-corrected chi connectivity index (χ1v) is 5.42. The average molecular weight is 256 g/mol. The number of carbonyl (C=O) groups is 2. The standard InChI is InChI=1S/C13H8N2O4/c1-14-4-6-15(7-5-14)12(16)10-8-2-3-9(19-8)11(10)13(17)18/h2-7H,1H2. The minimum absolute atomic E-state index is 0.00399. The monoisotopic (exact) mass is 256 g/mol. The third-order valence-corrected chi connectivity index (χ3v) is 2.84. The molecule has 0 fully saturated rings. The summed E-state index contributed by atoms with van der Waals surface area (Å²) in [6.45, 7) is 0. The zero-order valence-corrected chi connectivity index (χ0v) is 9.70. The number of benzene rings is 1. The van der Waals surface area contributed by atoms with E-state index < -0.39 is 11.9 Å². The molecule has 0 spiro atoms. The summed E-state index contributed by atoms with van der Waals surface area (Å²) in [5, 5.41) is 11.1. The number of carbonyl (C=O) groups excluding carboxylic acids is 2. The van der Waals surface area contributed by atoms with Gasteiger partial charge in [-0.25, -0.2) is 9.90 Å². The van der Waals surface area contributed by atoms with Crippen LogP contribution in [0.2, 0.25) is 0 Å². The van der Waals surface area contributed by atoms with Gasteiger partial charge in [0.1, 0.15) is 22.3 Å². The predicted octanol–water partition coefficient (Wildman–Crippen LogP) is 1.93. The van der Waals surface area contributed by atoms with Gasteiger partial charge < -0.3 is 9.32 Å². The Balaban J connectivity index is 2.04. The molecule has 2 bridgehead atoms. The van der Waals surface area contributed by atoms with Crippen molar-refractivity contribution in [1.82, 2.24) is 9.80 Å². The van der Waals surface area contributed by atoms with Crippen molar-refractivity contribution < 1.29 is 19.1 Å². The summed E-state index contributed by atoms with van der Waals surface area (Å²) < 4.78 is 5.20. The van der Waals surface area contributed by atoms with Gasteiger partial charge in [0.05, 0.1) is 0 Å². The molecule has 0 N–H and O–H groups in total. The van der Waals surface area contributed by atoms with E-state index in [9.17, 15) is 14.7 Å². The van der Waals surface area contributed by atoms with Crippen molar-refractivity contribution >= 4 is 23.0 Å². The Bertz CT molecular complexity index is 699. The van der Waals surface area contributed by atoms with Crippen LogP contribution in [0.5, 0.6) is 0 Å². The number of fused-ring (bicyclic) bond motifs is 2. The Morgan fingerprint density at radius 1 is 1.00 bits per heavy atom. The summed E-state index contributed by atoms with van der Waals surface area (Å²) in [7, 11) is 3.63. The highest BCUT2D eigenvalue weighted by molar-refractivity contribution is 6.14. The topological polar surface area (TPSA) is 73.7 Å². The van der Waals surface area contributed by atoms with Gasteiger partial charge in [-0.2, -0.15) is 0 Å². The molecule has 6 nitrogen and oxygen atoms in total. The number of rotatable bonds is 2. The fourth-order valence-corrected chi connectivity index (χ4v) is 1.95. The highest BCUT2D eigenvalue weighted by Gasteiger charge is 2.30. The van der Waals surface area contributed by atoms with Gasteiger partial charge >= 0.3 is 5.97 Å². The molecule has 1 aliphatic rings. The Labute approximate surface area is 108 Å². The molecule has 6 heteroatoms. The van der Waals surface area contributed by atoms with Crippen molar-refractivity contribution in [1.29, 1.82) is 0 Å². The Kier molecular flexibility index (Phi) is 2.31. The molecule has 2 aromatic rings. The van der Waals surface area contributed by atoms with Gasteiger partial charge in [-0.05, 0) is 12.1 Å². The average Bonchev–Trinajstić information content (AvgIpc) is 2.98. The first-order valence-electron chi connectivity index (χ1n) is 5.42. The third-order valence-electron chi connectivity index (χ3n) is 2.84.